The Hall–Kier alpha value is -1.98. The monoisotopic (exact) mass is 394 g/mol. The minimum absolute atomic E-state index is 0.0685. The summed E-state index contributed by atoms with van der Waals surface area (Å²) >= 11 is 0. The third-order valence-corrected chi connectivity index (χ3v) is 5.84. The van der Waals surface area contributed by atoms with Crippen molar-refractivity contribution in [3.8, 4) is 0 Å². The lowest BCUT2D eigenvalue weighted by atomic mass is 9.64. The highest BCUT2D eigenvalue weighted by molar-refractivity contribution is 5.76. The van der Waals surface area contributed by atoms with E-state index in [0.29, 0.717) is 37.7 Å². The maximum absolute atomic E-state index is 12.9. The molecule has 154 valence electrons. The Bertz CT molecular complexity index is 657. The van der Waals surface area contributed by atoms with Gasteiger partial charge >= 0.3 is 17.9 Å². The number of carbonyl (C=O) groups excluding carboxylic acids is 2. The molecule has 4 atom stereocenters. The van der Waals surface area contributed by atoms with Crippen LogP contribution in [0.5, 0.6) is 0 Å². The topological polar surface area (TPSA) is 52.6 Å². The molecule has 1 aromatic rings. The second-order valence-corrected chi connectivity index (χ2v) is 8.48. The third kappa shape index (κ3) is 6.01. The Morgan fingerprint density at radius 1 is 0.964 bits per heavy atom. The summed E-state index contributed by atoms with van der Waals surface area (Å²) in [6, 6.07) is 9.62. The van der Waals surface area contributed by atoms with Gasteiger partial charge in [-0.05, 0) is 61.3 Å². The van der Waals surface area contributed by atoms with Gasteiger partial charge in [0.25, 0.3) is 0 Å². The van der Waals surface area contributed by atoms with E-state index in [1.165, 1.54) is 0 Å². The standard InChI is InChI=1S/C22H28F2O4/c1-22(23,24)21(26)28-14-19-10-16-7-17(11-19)9-18(8-16)12-20(25)27-13-15-5-3-2-4-6-15/h2-6,16-19H,7-14H2,1H3/t16-,17?,18?,19?/m1/s1. The highest BCUT2D eigenvalue weighted by atomic mass is 19.3. The Morgan fingerprint density at radius 3 is 2.18 bits per heavy atom. The van der Waals surface area contributed by atoms with Gasteiger partial charge in [-0.1, -0.05) is 30.3 Å². The molecule has 0 heterocycles. The summed E-state index contributed by atoms with van der Waals surface area (Å²) < 4.78 is 36.1. The second kappa shape index (κ2) is 9.01. The molecule has 0 N–H and O–H groups in total. The van der Waals surface area contributed by atoms with Crippen molar-refractivity contribution in [2.24, 2.45) is 23.7 Å². The van der Waals surface area contributed by atoms with E-state index in [4.69, 9.17) is 9.47 Å². The molecule has 2 aliphatic rings. The quantitative estimate of drug-likeness (QED) is 0.626. The van der Waals surface area contributed by atoms with Crippen LogP contribution < -0.4 is 0 Å². The molecule has 3 rings (SSSR count). The number of ether oxygens (including phenoxy) is 2. The zero-order chi connectivity index (χ0) is 20.1. The second-order valence-electron chi connectivity index (χ2n) is 8.48. The van der Waals surface area contributed by atoms with Crippen molar-refractivity contribution in [3.63, 3.8) is 0 Å². The number of alkyl halides is 2. The van der Waals surface area contributed by atoms with Crippen molar-refractivity contribution in [3.05, 3.63) is 35.9 Å². The SMILES string of the molecule is CC(F)(F)C(=O)OCC1CC2CC(CC(=O)OCc3ccccc3)C[C@H](C1)C2. The number of hydrogen-bond donors (Lipinski definition) is 0. The maximum Gasteiger partial charge on any atom is 0.376 e. The molecule has 2 saturated carbocycles. The van der Waals surface area contributed by atoms with Gasteiger partial charge in [0.2, 0.25) is 0 Å². The van der Waals surface area contributed by atoms with E-state index in [9.17, 15) is 18.4 Å². The molecule has 28 heavy (non-hydrogen) atoms. The van der Waals surface area contributed by atoms with Crippen LogP contribution in [-0.2, 0) is 25.7 Å². The molecule has 2 bridgehead atoms. The van der Waals surface area contributed by atoms with Gasteiger partial charge < -0.3 is 9.47 Å². The van der Waals surface area contributed by atoms with Gasteiger partial charge in [0.15, 0.2) is 0 Å². The largest absolute Gasteiger partial charge is 0.461 e. The molecule has 6 heteroatoms. The lowest BCUT2D eigenvalue weighted by molar-refractivity contribution is -0.171. The fraction of sp³-hybridized carbons (Fsp3) is 0.636. The fourth-order valence-electron chi connectivity index (χ4n) is 4.78. The Balaban J connectivity index is 1.41. The molecule has 1 aromatic carbocycles. The Labute approximate surface area is 164 Å². The summed E-state index contributed by atoms with van der Waals surface area (Å²) in [6.45, 7) is 0.931. The van der Waals surface area contributed by atoms with E-state index >= 15 is 0 Å². The van der Waals surface area contributed by atoms with Crippen molar-refractivity contribution < 1.29 is 27.8 Å². The molecule has 2 fully saturated rings. The number of hydrogen-bond acceptors (Lipinski definition) is 4. The van der Waals surface area contributed by atoms with Crippen LogP contribution in [0.3, 0.4) is 0 Å². The van der Waals surface area contributed by atoms with Crippen LogP contribution in [0.4, 0.5) is 8.78 Å². The summed E-state index contributed by atoms with van der Waals surface area (Å²) in [5, 5.41) is 0. The molecule has 0 aliphatic heterocycles. The highest BCUT2D eigenvalue weighted by Gasteiger charge is 2.39. The predicted molar refractivity (Wildman–Crippen MR) is 99.5 cm³/mol. The Morgan fingerprint density at radius 2 is 1.57 bits per heavy atom. The van der Waals surface area contributed by atoms with Gasteiger partial charge in [-0.25, -0.2) is 4.79 Å². The average molecular weight is 394 g/mol. The normalized spacial score (nSPS) is 27.1. The van der Waals surface area contributed by atoms with Gasteiger partial charge in [0, 0.05) is 13.3 Å². The number of carbonyl (C=O) groups is 2. The first-order valence-corrected chi connectivity index (χ1v) is 10.0. The van der Waals surface area contributed by atoms with Crippen LogP contribution in [0, 0.1) is 23.7 Å². The van der Waals surface area contributed by atoms with Crippen LogP contribution in [0.2, 0.25) is 0 Å². The van der Waals surface area contributed by atoms with Gasteiger partial charge in [-0.2, -0.15) is 8.78 Å². The summed E-state index contributed by atoms with van der Waals surface area (Å²) in [5.41, 5.74) is 0.978. The number of rotatable bonds is 7. The minimum atomic E-state index is -3.43. The van der Waals surface area contributed by atoms with E-state index in [1.54, 1.807) is 0 Å². The fourth-order valence-corrected chi connectivity index (χ4v) is 4.78. The number of fused-ring (bicyclic) bond motifs is 2. The molecule has 0 aromatic heterocycles. The molecule has 0 amide bonds. The third-order valence-electron chi connectivity index (χ3n) is 5.84. The van der Waals surface area contributed by atoms with Crippen molar-refractivity contribution in [1.82, 2.24) is 0 Å². The first-order chi connectivity index (χ1) is 13.3. The molecular formula is C22H28F2O4. The summed E-state index contributed by atoms with van der Waals surface area (Å²) in [5.74, 6) is -3.66. The van der Waals surface area contributed by atoms with Crippen molar-refractivity contribution >= 4 is 11.9 Å². The van der Waals surface area contributed by atoms with E-state index in [1.807, 2.05) is 30.3 Å². The van der Waals surface area contributed by atoms with Crippen LogP contribution in [0.25, 0.3) is 0 Å². The predicted octanol–water partition coefficient (Wildman–Crippen LogP) is 4.76. The molecule has 4 nitrogen and oxygen atoms in total. The summed E-state index contributed by atoms with van der Waals surface area (Å²) in [4.78, 5) is 23.5. The van der Waals surface area contributed by atoms with Crippen molar-refractivity contribution in [2.45, 2.75) is 58.0 Å². The van der Waals surface area contributed by atoms with E-state index in [-0.39, 0.29) is 18.5 Å². The Kier molecular flexibility index (Phi) is 6.68. The average Bonchev–Trinajstić information content (AvgIpc) is 2.64. The summed E-state index contributed by atoms with van der Waals surface area (Å²) in [7, 11) is 0. The first kappa shape index (κ1) is 20.7. The smallest absolute Gasteiger partial charge is 0.376 e. The molecular weight excluding hydrogens is 366 g/mol. The van der Waals surface area contributed by atoms with Crippen LogP contribution >= 0.6 is 0 Å². The van der Waals surface area contributed by atoms with Gasteiger partial charge in [-0.15, -0.1) is 0 Å². The van der Waals surface area contributed by atoms with Crippen LogP contribution in [0.1, 0.15) is 51.0 Å². The zero-order valence-corrected chi connectivity index (χ0v) is 16.2. The lowest BCUT2D eigenvalue weighted by Crippen LogP contribution is -2.35. The number of esters is 2. The molecule has 3 unspecified atom stereocenters. The van der Waals surface area contributed by atoms with Crippen LogP contribution in [0.15, 0.2) is 30.3 Å². The van der Waals surface area contributed by atoms with E-state index in [2.05, 4.69) is 0 Å². The lowest BCUT2D eigenvalue weighted by Gasteiger charge is -2.42. The number of benzene rings is 1. The molecule has 0 spiro atoms. The minimum Gasteiger partial charge on any atom is -0.461 e. The first-order valence-electron chi connectivity index (χ1n) is 10.0. The highest BCUT2D eigenvalue weighted by Crippen LogP contribution is 2.46. The van der Waals surface area contributed by atoms with Gasteiger partial charge in [0.1, 0.15) is 6.61 Å². The molecule has 0 saturated heterocycles. The van der Waals surface area contributed by atoms with Crippen LogP contribution in [-0.4, -0.2) is 24.5 Å². The molecule has 2 aliphatic carbocycles. The zero-order valence-electron chi connectivity index (χ0n) is 16.2. The van der Waals surface area contributed by atoms with Crippen molar-refractivity contribution in [1.29, 1.82) is 0 Å². The molecule has 0 radical (unpaired) electrons. The van der Waals surface area contributed by atoms with Gasteiger partial charge in [0.05, 0.1) is 6.61 Å². The number of halogens is 2. The summed E-state index contributed by atoms with van der Waals surface area (Å²) in [6.07, 6.45) is 5.19. The van der Waals surface area contributed by atoms with E-state index in [0.717, 1.165) is 37.7 Å². The van der Waals surface area contributed by atoms with Crippen molar-refractivity contribution in [2.75, 3.05) is 6.61 Å². The van der Waals surface area contributed by atoms with Gasteiger partial charge in [-0.3, -0.25) is 4.79 Å². The maximum atomic E-state index is 12.9. The van der Waals surface area contributed by atoms with E-state index < -0.39 is 11.9 Å².